The van der Waals surface area contributed by atoms with Crippen molar-refractivity contribution in [3.05, 3.63) is 0 Å². The van der Waals surface area contributed by atoms with Gasteiger partial charge in [-0.05, 0) is 39.3 Å². The van der Waals surface area contributed by atoms with E-state index < -0.39 is 59.3 Å². The van der Waals surface area contributed by atoms with Crippen LogP contribution in [0.25, 0.3) is 0 Å². The lowest BCUT2D eigenvalue weighted by Crippen LogP contribution is -2.39. The van der Waals surface area contributed by atoms with Crippen molar-refractivity contribution in [1.82, 2.24) is 36.5 Å². The van der Waals surface area contributed by atoms with Gasteiger partial charge >= 0.3 is 17.9 Å². The number of ketones is 1. The Morgan fingerprint density at radius 3 is 1.39 bits per heavy atom. The summed E-state index contributed by atoms with van der Waals surface area (Å²) in [4.78, 5) is 151. The Morgan fingerprint density at radius 1 is 0.589 bits per heavy atom. The molecule has 0 bridgehead atoms. The van der Waals surface area contributed by atoms with E-state index in [4.69, 9.17) is 10.6 Å². The van der Waals surface area contributed by atoms with Crippen LogP contribution in [0.4, 0.5) is 0 Å². The number of imide groups is 3. The zero-order valence-corrected chi connectivity index (χ0v) is 31.1. The van der Waals surface area contributed by atoms with Gasteiger partial charge in [-0.3, -0.25) is 48.5 Å². The van der Waals surface area contributed by atoms with Crippen molar-refractivity contribution in [3.8, 4) is 0 Å². The first kappa shape index (κ1) is 46.5. The number of hydrogen-bond acceptors (Lipinski definition) is 18. The second kappa shape index (κ2) is 24.7. The predicted octanol–water partition coefficient (Wildman–Crippen LogP) is -2.80. The lowest BCUT2D eigenvalue weighted by molar-refractivity contribution is -0.199. The second-order valence-corrected chi connectivity index (χ2v) is 12.5. The summed E-state index contributed by atoms with van der Waals surface area (Å²) in [6.45, 7) is 1.09. The Balaban J connectivity index is 0.000000411. The zero-order chi connectivity index (χ0) is 41.6. The van der Waals surface area contributed by atoms with Gasteiger partial charge in [0.15, 0.2) is 5.78 Å². The molecule has 0 spiro atoms. The Kier molecular flexibility index (Phi) is 20.5. The van der Waals surface area contributed by atoms with Crippen molar-refractivity contribution in [2.24, 2.45) is 5.73 Å². The molecule has 56 heavy (non-hydrogen) atoms. The molecule has 0 aromatic rings. The molecule has 23 heteroatoms. The van der Waals surface area contributed by atoms with E-state index in [2.05, 4.69) is 30.9 Å². The van der Waals surface area contributed by atoms with Crippen molar-refractivity contribution in [2.45, 2.75) is 102 Å². The first-order valence-electron chi connectivity index (χ1n) is 18.0. The highest BCUT2D eigenvalue weighted by atomic mass is 16.7. The smallest absolute Gasteiger partial charge is 0.333 e. The van der Waals surface area contributed by atoms with Crippen LogP contribution in [-0.4, -0.2) is 126 Å². The van der Waals surface area contributed by atoms with Gasteiger partial charge in [0.25, 0.3) is 35.4 Å². The van der Waals surface area contributed by atoms with Crippen molar-refractivity contribution >= 4 is 70.9 Å². The van der Waals surface area contributed by atoms with E-state index in [0.717, 1.165) is 19.4 Å². The highest BCUT2D eigenvalue weighted by Crippen LogP contribution is 2.16. The van der Waals surface area contributed by atoms with Gasteiger partial charge in [-0.25, -0.2) is 14.4 Å². The van der Waals surface area contributed by atoms with Crippen LogP contribution in [0.15, 0.2) is 0 Å². The van der Waals surface area contributed by atoms with Crippen LogP contribution >= 0.6 is 0 Å². The van der Waals surface area contributed by atoms with Gasteiger partial charge in [0.1, 0.15) is 0 Å². The van der Waals surface area contributed by atoms with Gasteiger partial charge < -0.3 is 36.2 Å². The molecule has 0 unspecified atom stereocenters. The van der Waals surface area contributed by atoms with Gasteiger partial charge in [0, 0.05) is 70.9 Å². The molecule has 0 aliphatic carbocycles. The Labute approximate surface area is 320 Å². The van der Waals surface area contributed by atoms with Crippen LogP contribution in [0.3, 0.4) is 0 Å². The first-order chi connectivity index (χ1) is 26.6. The summed E-state index contributed by atoms with van der Waals surface area (Å²) in [7, 11) is 1.69. The molecular weight excluding hydrogens is 748 g/mol. The molecular formula is C33H48N8O15. The number of hydroxylamine groups is 6. The third kappa shape index (κ3) is 17.2. The van der Waals surface area contributed by atoms with Crippen molar-refractivity contribution in [3.63, 3.8) is 0 Å². The summed E-state index contributed by atoms with van der Waals surface area (Å²) in [5.74, 6) is -6.88. The third-order valence-corrected chi connectivity index (χ3v) is 7.99. The molecule has 3 saturated heterocycles. The minimum absolute atomic E-state index is 0.00339. The molecule has 0 aromatic carbocycles. The van der Waals surface area contributed by atoms with Gasteiger partial charge in [0.05, 0.1) is 19.1 Å². The normalized spacial score (nSPS) is 15.8. The van der Waals surface area contributed by atoms with E-state index in [1.54, 1.807) is 7.05 Å². The van der Waals surface area contributed by atoms with Gasteiger partial charge in [-0.15, -0.1) is 15.2 Å². The number of primary amides is 1. The molecule has 3 aliphatic rings. The number of nitrogens with one attached hydrogen (secondary N) is 4. The summed E-state index contributed by atoms with van der Waals surface area (Å²) >= 11 is 0. The lowest BCUT2D eigenvalue weighted by atomic mass is 10.1. The summed E-state index contributed by atoms with van der Waals surface area (Å²) in [5, 5.41) is 12.7. The number of nitrogens with two attached hydrogens (primary N) is 1. The number of carbonyl (C=O) groups is 12. The Morgan fingerprint density at radius 2 is 1.00 bits per heavy atom. The average Bonchev–Trinajstić information content (AvgIpc) is 3.76. The maximum Gasteiger partial charge on any atom is 0.333 e. The fourth-order valence-corrected chi connectivity index (χ4v) is 4.94. The summed E-state index contributed by atoms with van der Waals surface area (Å²) in [6, 6.07) is -0.323. The average molecular weight is 797 g/mol. The number of unbranched alkanes of at least 4 members (excludes halogenated alkanes) is 1. The molecule has 1 atom stereocenters. The maximum atomic E-state index is 11.8. The molecule has 0 saturated carbocycles. The predicted molar refractivity (Wildman–Crippen MR) is 184 cm³/mol. The molecule has 6 N–H and O–H groups in total. The van der Waals surface area contributed by atoms with E-state index in [1.807, 2.05) is 0 Å². The Bertz CT molecular complexity index is 1420. The minimum atomic E-state index is -0.838. The zero-order valence-electron chi connectivity index (χ0n) is 31.1. The van der Waals surface area contributed by atoms with Gasteiger partial charge in [0.2, 0.25) is 11.8 Å². The summed E-state index contributed by atoms with van der Waals surface area (Å²) < 4.78 is 0. The molecule has 0 radical (unpaired) electrons. The molecule has 3 fully saturated rings. The topological polar surface area (TPSA) is 316 Å². The van der Waals surface area contributed by atoms with Crippen LogP contribution in [-0.2, 0) is 72.0 Å². The number of rotatable bonds is 24. The van der Waals surface area contributed by atoms with Crippen LogP contribution in [0, 0.1) is 0 Å². The molecule has 3 aliphatic heterocycles. The van der Waals surface area contributed by atoms with E-state index in [1.165, 1.54) is 0 Å². The fraction of sp³-hybridized carbons (Fsp3) is 0.636. The molecule has 8 amide bonds. The van der Waals surface area contributed by atoms with Crippen LogP contribution in [0.5, 0.6) is 0 Å². The monoisotopic (exact) mass is 796 g/mol. The summed E-state index contributed by atoms with van der Waals surface area (Å²) in [6.07, 6.45) is 1.96. The molecule has 310 valence electrons. The van der Waals surface area contributed by atoms with Crippen molar-refractivity contribution in [1.29, 1.82) is 0 Å². The van der Waals surface area contributed by atoms with E-state index >= 15 is 0 Å². The Hall–Kier alpha value is -5.68. The number of nitrogens with zero attached hydrogens (tertiary/aromatic N) is 3. The SMILES string of the molecule is CN[C@@H](CCCCNCNCC(=O)CNC(=O)CCCC(=O)ON1C(=O)CCC1=O)C(N)=O.O=C(CCCC(=O)ON1C(=O)CCC1=O)ON1C(=O)CCC1=O. The summed E-state index contributed by atoms with van der Waals surface area (Å²) in [5.41, 5.74) is 5.24. The van der Waals surface area contributed by atoms with E-state index in [0.29, 0.717) is 28.3 Å². The second-order valence-electron chi connectivity index (χ2n) is 12.5. The van der Waals surface area contributed by atoms with E-state index in [9.17, 15) is 57.5 Å². The number of carbonyl (C=O) groups excluding carboxylic acids is 12. The van der Waals surface area contributed by atoms with Crippen molar-refractivity contribution in [2.75, 3.05) is 33.4 Å². The molecule has 23 nitrogen and oxygen atoms in total. The molecule has 0 aromatic heterocycles. The largest absolute Gasteiger partial charge is 0.368 e. The number of amides is 8. The van der Waals surface area contributed by atoms with Gasteiger partial charge in [-0.1, -0.05) is 6.42 Å². The maximum absolute atomic E-state index is 11.8. The van der Waals surface area contributed by atoms with Crippen LogP contribution in [0.1, 0.15) is 96.3 Å². The van der Waals surface area contributed by atoms with Gasteiger partial charge in [-0.2, -0.15) is 0 Å². The van der Waals surface area contributed by atoms with Crippen LogP contribution in [0.2, 0.25) is 0 Å². The standard InChI is InChI=1S/C20H34N6O7.C13H14N2O8/c1-22-15(20(21)32)5-2-3-10-23-13-24-11-14(27)12-25-16(28)6-4-7-19(31)33-26-17(29)8-9-18(26)30;16-8-4-5-9(17)14(8)22-12(20)2-1-3-13(21)23-15-10(18)6-7-11(15)19/h15,22-24H,2-13H2,1H3,(H2,21,32)(H,25,28);1-7H2/t15-;/m0./s1. The number of likely N-dealkylation sites (N-methyl/N-ethyl adjacent to an activating group) is 1. The first-order valence-corrected chi connectivity index (χ1v) is 18.0. The fourth-order valence-electron chi connectivity index (χ4n) is 4.94. The van der Waals surface area contributed by atoms with E-state index in [-0.39, 0.29) is 108 Å². The number of Topliss-reactive ketones (excluding diaryl/α,β-unsaturated/α-hetero) is 1. The quantitative estimate of drug-likeness (QED) is 0.0374. The van der Waals surface area contributed by atoms with Crippen LogP contribution < -0.4 is 27.0 Å². The number of hydrogen-bond donors (Lipinski definition) is 5. The minimum Gasteiger partial charge on any atom is -0.368 e. The lowest BCUT2D eigenvalue weighted by Gasteiger charge is -2.13. The molecule has 3 rings (SSSR count). The highest BCUT2D eigenvalue weighted by molar-refractivity contribution is 6.03. The molecule has 3 heterocycles. The van der Waals surface area contributed by atoms with Crippen molar-refractivity contribution < 1.29 is 72.0 Å². The highest BCUT2D eigenvalue weighted by Gasteiger charge is 2.35. The third-order valence-electron chi connectivity index (χ3n) is 7.99.